The molecule has 2 amide bonds. The number of nitrogens with zero attached hydrogens (tertiary/aromatic N) is 1. The van der Waals surface area contributed by atoms with Gasteiger partial charge < -0.3 is 29.9 Å². The molecule has 0 unspecified atom stereocenters. The van der Waals surface area contributed by atoms with Crippen molar-refractivity contribution in [2.45, 2.75) is 30.6 Å². The summed E-state index contributed by atoms with van der Waals surface area (Å²) in [7, 11) is 1.40. The lowest BCUT2D eigenvalue weighted by Crippen LogP contribution is -2.56. The van der Waals surface area contributed by atoms with Crippen molar-refractivity contribution in [3.63, 3.8) is 0 Å². The molecule has 0 bridgehead atoms. The molecule has 4 atom stereocenters. The zero-order valence-corrected chi connectivity index (χ0v) is 19.4. The normalized spacial score (nSPS) is 22.5. The van der Waals surface area contributed by atoms with Gasteiger partial charge in [-0.1, -0.05) is 30.3 Å². The summed E-state index contributed by atoms with van der Waals surface area (Å²) in [6.45, 7) is -0.214. The van der Waals surface area contributed by atoms with Crippen molar-refractivity contribution in [2.75, 3.05) is 33.4 Å². The van der Waals surface area contributed by atoms with Crippen LogP contribution in [0.5, 0.6) is 5.75 Å². The number of para-hydroxylation sites is 1. The van der Waals surface area contributed by atoms with Crippen molar-refractivity contribution < 1.29 is 33.7 Å². The molecule has 35 heavy (non-hydrogen) atoms. The number of halogens is 1. The molecule has 1 aliphatic heterocycles. The van der Waals surface area contributed by atoms with Crippen LogP contribution in [0.15, 0.2) is 60.2 Å². The predicted octanol–water partition coefficient (Wildman–Crippen LogP) is 1.17. The van der Waals surface area contributed by atoms with E-state index in [9.17, 15) is 24.2 Å². The largest absolute Gasteiger partial charge is 0.486 e. The van der Waals surface area contributed by atoms with Crippen LogP contribution in [0.3, 0.4) is 0 Å². The maximum Gasteiger partial charge on any atom is 0.249 e. The molecular formula is C26H29FN2O6. The van der Waals surface area contributed by atoms with Crippen molar-refractivity contribution in [3.8, 4) is 5.75 Å². The van der Waals surface area contributed by atoms with Crippen LogP contribution in [-0.4, -0.2) is 78.6 Å². The second-order valence-electron chi connectivity index (χ2n) is 8.58. The zero-order valence-electron chi connectivity index (χ0n) is 19.4. The van der Waals surface area contributed by atoms with Crippen LogP contribution in [0, 0.1) is 5.82 Å². The summed E-state index contributed by atoms with van der Waals surface area (Å²) in [6, 6.07) is 12.5. The monoisotopic (exact) mass is 484 g/mol. The summed E-state index contributed by atoms with van der Waals surface area (Å²) >= 11 is 0. The number of methoxy groups -OCH3 is 1. The van der Waals surface area contributed by atoms with Crippen LogP contribution in [0.2, 0.25) is 0 Å². The van der Waals surface area contributed by atoms with E-state index in [2.05, 4.69) is 5.32 Å². The zero-order chi connectivity index (χ0) is 24.9. The molecule has 9 heteroatoms. The van der Waals surface area contributed by atoms with Gasteiger partial charge in [-0.25, -0.2) is 4.39 Å². The molecule has 3 N–H and O–H groups in total. The molecule has 1 heterocycles. The Labute approximate surface area is 203 Å². The molecule has 8 nitrogen and oxygen atoms in total. The van der Waals surface area contributed by atoms with E-state index in [0.717, 1.165) is 5.56 Å². The Morgan fingerprint density at radius 2 is 2.00 bits per heavy atom. The molecule has 186 valence electrons. The first-order valence-electron chi connectivity index (χ1n) is 11.5. The van der Waals surface area contributed by atoms with Crippen LogP contribution in [0.25, 0.3) is 0 Å². The van der Waals surface area contributed by atoms with Crippen molar-refractivity contribution in [3.05, 3.63) is 77.1 Å². The molecule has 4 rings (SSSR count). The molecule has 1 aliphatic carbocycles. The average Bonchev–Trinajstić information content (AvgIpc) is 3.24. The minimum Gasteiger partial charge on any atom is -0.486 e. The van der Waals surface area contributed by atoms with E-state index in [0.29, 0.717) is 23.3 Å². The third-order valence-corrected chi connectivity index (χ3v) is 6.36. The number of nitrogens with one attached hydrogen (secondary N) is 1. The molecule has 0 radical (unpaired) electrons. The topological polar surface area (TPSA) is 108 Å². The lowest BCUT2D eigenvalue weighted by molar-refractivity contribution is -0.141. The van der Waals surface area contributed by atoms with E-state index in [-0.39, 0.29) is 38.0 Å². The molecule has 0 saturated heterocycles. The summed E-state index contributed by atoms with van der Waals surface area (Å²) in [5, 5.41) is 23.2. The lowest BCUT2D eigenvalue weighted by atomic mass is 9.77. The number of benzene rings is 2. The molecule has 0 fully saturated rings. The number of rotatable bonds is 9. The number of aliphatic hydroxyl groups excluding tert-OH is 2. The van der Waals surface area contributed by atoms with Gasteiger partial charge in [-0.2, -0.15) is 0 Å². The third kappa shape index (κ3) is 5.22. The van der Waals surface area contributed by atoms with Gasteiger partial charge >= 0.3 is 0 Å². The summed E-state index contributed by atoms with van der Waals surface area (Å²) in [5.41, 5.74) is 1.82. The van der Waals surface area contributed by atoms with Crippen LogP contribution in [-0.2, 0) is 20.7 Å². The summed E-state index contributed by atoms with van der Waals surface area (Å²) in [4.78, 5) is 27.6. The van der Waals surface area contributed by atoms with E-state index < -0.39 is 30.1 Å². The molecule has 2 aromatic carbocycles. The Balaban J connectivity index is 1.69. The molecule has 2 aromatic rings. The summed E-state index contributed by atoms with van der Waals surface area (Å²) in [6.07, 6.45) is 0.0219. The van der Waals surface area contributed by atoms with Gasteiger partial charge in [-0.15, -0.1) is 0 Å². The Bertz CT molecular complexity index is 1110. The second kappa shape index (κ2) is 11.0. The van der Waals surface area contributed by atoms with E-state index in [4.69, 9.17) is 9.47 Å². The Kier molecular flexibility index (Phi) is 7.80. The highest BCUT2D eigenvalue weighted by atomic mass is 19.1. The number of hydrogen-bond donors (Lipinski definition) is 3. The van der Waals surface area contributed by atoms with Crippen molar-refractivity contribution in [1.29, 1.82) is 0 Å². The smallest absolute Gasteiger partial charge is 0.249 e. The number of carbonyl (C=O) groups is 2. The van der Waals surface area contributed by atoms with E-state index >= 15 is 0 Å². The highest BCUT2D eigenvalue weighted by molar-refractivity contribution is 5.96. The first-order valence-corrected chi connectivity index (χ1v) is 11.5. The van der Waals surface area contributed by atoms with E-state index in [1.54, 1.807) is 24.3 Å². The van der Waals surface area contributed by atoms with E-state index in [1.165, 1.54) is 24.1 Å². The molecule has 0 aromatic heterocycles. The van der Waals surface area contributed by atoms with Gasteiger partial charge in [0.05, 0.1) is 18.6 Å². The van der Waals surface area contributed by atoms with Crippen LogP contribution in [0.4, 0.5) is 4.39 Å². The fraction of sp³-hybridized carbons (Fsp3) is 0.385. The molecule has 2 aliphatic rings. The molecular weight excluding hydrogens is 455 g/mol. The maximum absolute atomic E-state index is 13.7. The minimum absolute atomic E-state index is 0.0647. The predicted molar refractivity (Wildman–Crippen MR) is 125 cm³/mol. The number of aliphatic hydroxyl groups is 2. The van der Waals surface area contributed by atoms with E-state index in [1.807, 2.05) is 18.2 Å². The average molecular weight is 485 g/mol. The highest BCUT2D eigenvalue weighted by Gasteiger charge is 2.50. The SMILES string of the molecule is COCC(=O)N(CCc1cccc(F)c1)[C@@H]1C=C(C(=O)NCCO)[C@@H]2c3ccccc3O[C@@H]2[C@H]1O. The first-order chi connectivity index (χ1) is 16.9. The standard InChI is InChI=1S/C26H29FN2O6/c1-34-15-22(31)29(11-9-16-5-4-6-17(27)13-16)20-14-19(26(33)28-10-12-30)23-18-7-2-3-8-21(18)35-25(23)24(20)32/h2-8,13-14,20,23-25,30,32H,9-12,15H2,1H3,(H,28,33)/t20-,23+,24+,25+/m1/s1. The van der Waals surface area contributed by atoms with Crippen LogP contribution in [0.1, 0.15) is 17.0 Å². The van der Waals surface area contributed by atoms with Gasteiger partial charge in [0.2, 0.25) is 11.8 Å². The molecule has 0 spiro atoms. The second-order valence-corrected chi connectivity index (χ2v) is 8.58. The molecule has 0 saturated carbocycles. The van der Waals surface area contributed by atoms with Gasteiger partial charge in [-0.05, 0) is 36.3 Å². The van der Waals surface area contributed by atoms with Gasteiger partial charge in [0.25, 0.3) is 0 Å². The van der Waals surface area contributed by atoms with Crippen LogP contribution >= 0.6 is 0 Å². The Morgan fingerprint density at radius 1 is 1.20 bits per heavy atom. The number of carbonyl (C=O) groups excluding carboxylic acids is 2. The van der Waals surface area contributed by atoms with Crippen molar-refractivity contribution >= 4 is 11.8 Å². The lowest BCUT2D eigenvalue weighted by Gasteiger charge is -2.40. The van der Waals surface area contributed by atoms with Gasteiger partial charge in [0.1, 0.15) is 30.4 Å². The van der Waals surface area contributed by atoms with Crippen LogP contribution < -0.4 is 10.1 Å². The van der Waals surface area contributed by atoms with Gasteiger partial charge in [0, 0.05) is 31.3 Å². The maximum atomic E-state index is 13.7. The number of amides is 2. The highest BCUT2D eigenvalue weighted by Crippen LogP contribution is 2.47. The number of hydrogen-bond acceptors (Lipinski definition) is 6. The third-order valence-electron chi connectivity index (χ3n) is 6.36. The Hall–Kier alpha value is -3.27. The fourth-order valence-electron chi connectivity index (χ4n) is 4.78. The first kappa shape index (κ1) is 24.8. The minimum atomic E-state index is -1.13. The Morgan fingerprint density at radius 3 is 2.74 bits per heavy atom. The summed E-state index contributed by atoms with van der Waals surface area (Å²) in [5.74, 6) is -1.13. The summed E-state index contributed by atoms with van der Waals surface area (Å²) < 4.78 is 24.8. The fourth-order valence-corrected chi connectivity index (χ4v) is 4.78. The number of fused-ring (bicyclic) bond motifs is 3. The van der Waals surface area contributed by atoms with Crippen molar-refractivity contribution in [2.24, 2.45) is 0 Å². The van der Waals surface area contributed by atoms with Crippen molar-refractivity contribution in [1.82, 2.24) is 10.2 Å². The van der Waals surface area contributed by atoms with Gasteiger partial charge in [-0.3, -0.25) is 9.59 Å². The van der Waals surface area contributed by atoms with Gasteiger partial charge in [0.15, 0.2) is 0 Å². The quantitative estimate of drug-likeness (QED) is 0.493. The number of ether oxygens (including phenoxy) is 2.